The molecule has 0 aliphatic carbocycles. The van der Waals surface area contributed by atoms with E-state index in [4.69, 9.17) is 23.6 Å². The van der Waals surface area contributed by atoms with Gasteiger partial charge in [0.05, 0.1) is 27.4 Å². The Balaban J connectivity index is 0.000000119. The number of furan rings is 1. The van der Waals surface area contributed by atoms with Crippen LogP contribution < -0.4 is 0 Å². The van der Waals surface area contributed by atoms with Crippen molar-refractivity contribution in [2.45, 2.75) is 0 Å². The lowest BCUT2D eigenvalue weighted by atomic mass is 9.82. The molecule has 1 heterocycles. The van der Waals surface area contributed by atoms with Gasteiger partial charge < -0.3 is 4.42 Å². The summed E-state index contributed by atoms with van der Waals surface area (Å²) < 4.78 is 187. The number of para-hydroxylation sites is 1. The van der Waals surface area contributed by atoms with Crippen molar-refractivity contribution in [3.05, 3.63) is 485 Å². The van der Waals surface area contributed by atoms with Gasteiger partial charge in [-0.05, 0) is 272 Å². The van der Waals surface area contributed by atoms with Gasteiger partial charge in [0.25, 0.3) is 0 Å². The molecule has 25 aromatic carbocycles. The molecule has 0 N–H and O–H groups in total. The van der Waals surface area contributed by atoms with E-state index < -0.39 is 48.3 Å². The molecule has 0 saturated carbocycles. The van der Waals surface area contributed by atoms with E-state index in [0.29, 0.717) is 55.3 Å². The van der Waals surface area contributed by atoms with Gasteiger partial charge in [0.15, 0.2) is 0 Å². The average molecular weight is 1630 g/mol. The number of benzene rings is 25. The van der Waals surface area contributed by atoms with Crippen molar-refractivity contribution in [3.63, 3.8) is 0 Å². The first-order valence-electron chi connectivity index (χ1n) is 52.3. The van der Waals surface area contributed by atoms with E-state index in [9.17, 15) is 8.22 Å². The van der Waals surface area contributed by atoms with Crippen LogP contribution in [0.1, 0.15) is 27.4 Å². The third kappa shape index (κ3) is 12.9. The van der Waals surface area contributed by atoms with Crippen LogP contribution >= 0.6 is 0 Å². The van der Waals surface area contributed by atoms with E-state index >= 15 is 0 Å². The van der Waals surface area contributed by atoms with Gasteiger partial charge in [-0.3, -0.25) is 0 Å². The highest BCUT2D eigenvalue weighted by Crippen LogP contribution is 2.53. The fourth-order valence-corrected chi connectivity index (χ4v) is 19.3. The van der Waals surface area contributed by atoms with Crippen LogP contribution in [0.5, 0.6) is 0 Å². The minimum atomic E-state index is -0.418. The first-order chi connectivity index (χ1) is 71.3. The van der Waals surface area contributed by atoms with Gasteiger partial charge in [-0.15, -0.1) is 0 Å². The van der Waals surface area contributed by atoms with Crippen molar-refractivity contribution in [3.8, 4) is 100 Å². The zero-order chi connectivity index (χ0) is 101. The molecule has 0 fully saturated rings. The van der Waals surface area contributed by atoms with E-state index in [1.807, 2.05) is 267 Å². The first-order valence-corrected chi connectivity index (χ1v) is 42.3. The summed E-state index contributed by atoms with van der Waals surface area (Å²) in [5, 5.41) is 18.4. The number of rotatable bonds is 9. The highest BCUT2D eigenvalue weighted by molar-refractivity contribution is 6.30. The second-order valence-corrected chi connectivity index (χ2v) is 31.9. The molecule has 590 valence electrons. The van der Waals surface area contributed by atoms with Gasteiger partial charge in [0.2, 0.25) is 0 Å². The fourth-order valence-electron chi connectivity index (χ4n) is 19.3. The van der Waals surface area contributed by atoms with Gasteiger partial charge >= 0.3 is 0 Å². The Morgan fingerprint density at radius 2 is 0.488 bits per heavy atom. The number of hydrogen-bond acceptors (Lipinski definition) is 1. The summed E-state index contributed by atoms with van der Waals surface area (Å²) in [7, 11) is 0. The molecule has 26 aromatic rings. The van der Waals surface area contributed by atoms with Crippen LogP contribution in [0, 0.1) is 0 Å². The Kier molecular flexibility index (Phi) is 13.9. The van der Waals surface area contributed by atoms with Crippen molar-refractivity contribution in [1.82, 2.24) is 0 Å². The highest BCUT2D eigenvalue weighted by Gasteiger charge is 2.25. The normalized spacial score (nSPS) is 13.8. The van der Waals surface area contributed by atoms with Crippen LogP contribution in [0.2, 0.25) is 0 Å². The van der Waals surface area contributed by atoms with E-state index in [-0.39, 0.29) is 116 Å². The van der Waals surface area contributed by atoms with E-state index in [1.54, 1.807) is 0 Å². The van der Waals surface area contributed by atoms with Gasteiger partial charge in [-0.25, -0.2) is 0 Å². The molecule has 26 rings (SSSR count). The predicted molar refractivity (Wildman–Crippen MR) is 546 cm³/mol. The van der Waals surface area contributed by atoms with Gasteiger partial charge in [0.1, 0.15) is 11.2 Å². The predicted octanol–water partition coefficient (Wildman–Crippen LogP) is 35.8. The Labute approximate surface area is 764 Å². The molecule has 1 aromatic heterocycles. The molecular formula is C126H80O. The van der Waals surface area contributed by atoms with Crippen LogP contribution in [0.25, 0.3) is 251 Å². The summed E-state index contributed by atoms with van der Waals surface area (Å²) in [6.45, 7) is 0. The third-order valence-corrected chi connectivity index (χ3v) is 24.9. The third-order valence-electron chi connectivity index (χ3n) is 24.9. The van der Waals surface area contributed by atoms with Crippen molar-refractivity contribution >= 4 is 151 Å². The van der Waals surface area contributed by atoms with Crippen molar-refractivity contribution in [2.24, 2.45) is 0 Å². The van der Waals surface area contributed by atoms with E-state index in [1.165, 1.54) is 0 Å². The Morgan fingerprint density at radius 1 is 0.142 bits per heavy atom. The molecule has 0 amide bonds. The zero-order valence-electron chi connectivity index (χ0n) is 88.0. The summed E-state index contributed by atoms with van der Waals surface area (Å²) in [6, 6.07) is 114. The SMILES string of the molecule is [2H]c1c([2H])c([2H])c2c(-c3cc4ccccc4c4ccccc34)c3ccc(-c4cccc5oc6ccccc6c45)cc3c(-c3cccc4ccccc34)c2c1[2H].[2H]c1c([2H])c([2H])c2c(-c3ccc4ccccc4c3)c3c([2H])c([2H])c([2H])c([2H])c3c(-c3ccc4ccccc4c3)c2c1[2H].[2H]c1c([2H])c([2H])c2c(-c3cccc4c(-c5ccccc5)cccc34)c3c([2H])c([2H])c([2H])c([2H])c3c(-c3cccc(-c4ccccc4)c3)c2c1[2H]. The monoisotopic (exact) mass is 1630 g/mol. The Morgan fingerprint density at radius 3 is 1.06 bits per heavy atom. The van der Waals surface area contributed by atoms with Crippen LogP contribution in [0.4, 0.5) is 0 Å². The van der Waals surface area contributed by atoms with Crippen molar-refractivity contribution in [2.75, 3.05) is 0 Å². The molecule has 0 bridgehead atoms. The summed E-state index contributed by atoms with van der Waals surface area (Å²) in [5.41, 5.74) is 14.6. The van der Waals surface area contributed by atoms with Crippen LogP contribution in [0.3, 0.4) is 0 Å². The smallest absolute Gasteiger partial charge is 0.136 e. The quantitative estimate of drug-likeness (QED) is 0.104. The lowest BCUT2D eigenvalue weighted by Crippen LogP contribution is -1.93. The highest BCUT2D eigenvalue weighted by atomic mass is 16.3. The molecule has 127 heavy (non-hydrogen) atoms. The second kappa shape index (κ2) is 31.4. The molecule has 1 nitrogen and oxygen atoms in total. The van der Waals surface area contributed by atoms with Crippen LogP contribution in [-0.4, -0.2) is 0 Å². The Bertz CT molecular complexity index is 9880. The molecule has 0 aliphatic rings. The molecule has 0 unspecified atom stereocenters. The van der Waals surface area contributed by atoms with Crippen LogP contribution in [-0.2, 0) is 0 Å². The molecule has 0 saturated heterocycles. The summed E-state index contributed by atoms with van der Waals surface area (Å²) in [4.78, 5) is 0. The maximum absolute atomic E-state index is 9.64. The summed E-state index contributed by atoms with van der Waals surface area (Å²) in [6.07, 6.45) is 0. The largest absolute Gasteiger partial charge is 0.456 e. The Hall–Kier alpha value is -16.6. The standard InChI is InChI=1S/C50H30O.C42H28.C34H22/c1-3-16-34-31(13-1)15-11-24-39(34)48-40-20-7-8-21-41(40)49(44-29-32-14-2-4-17-35(32)37-18-5-6-19-38(37)44)42-28-27-33(30-45(42)48)36-23-12-26-47-50(36)43-22-9-10-25-46(43)51-47;1-3-14-29(15-4-1)31-18-11-19-32(28-31)41-37-20-7-9-22-39(37)42(40-23-10-8-21-38(40)41)36-27-13-25-34-33(24-12-26-35(34)36)30-16-5-2-6-17-30;1-3-11-25-21-27(19-17-23(25)9-1)33-29-13-5-7-15-31(29)34(32-16-8-6-14-30(32)33)28-20-18-24-10-2-4-12-26(24)22-28/h1-30H;1-28H;1-22H/i7D,8D,20D,21D;7D,8D,9D,10D,20D,21D,22D,23D;5D,6D,7D,8D,13D,14D,15D,16D. The van der Waals surface area contributed by atoms with Gasteiger partial charge in [0, 0.05) is 10.8 Å². The zero-order valence-corrected chi connectivity index (χ0v) is 68.0. The molecule has 0 spiro atoms. The number of fused-ring (bicyclic) bond motifs is 16. The molecule has 1 heteroatoms. The summed E-state index contributed by atoms with van der Waals surface area (Å²) in [5.74, 6) is 0. The molecule has 0 radical (unpaired) electrons. The molecule has 0 aliphatic heterocycles. The van der Waals surface area contributed by atoms with E-state index in [2.05, 4.69) is 97.1 Å². The van der Waals surface area contributed by atoms with E-state index in [0.717, 1.165) is 153 Å². The van der Waals surface area contributed by atoms with Crippen molar-refractivity contribution in [1.29, 1.82) is 0 Å². The van der Waals surface area contributed by atoms with Gasteiger partial charge in [-0.2, -0.15) is 0 Å². The van der Waals surface area contributed by atoms with Crippen molar-refractivity contribution < 1.29 is 31.8 Å². The maximum Gasteiger partial charge on any atom is 0.136 e. The average Bonchev–Trinajstić information content (AvgIpc) is 1.45. The lowest BCUT2D eigenvalue weighted by molar-refractivity contribution is 0.669. The topological polar surface area (TPSA) is 13.1 Å². The fraction of sp³-hybridized carbons (Fsp3) is 0. The lowest BCUT2D eigenvalue weighted by Gasteiger charge is -2.21. The molecule has 0 atom stereocenters. The van der Waals surface area contributed by atoms with Crippen LogP contribution in [0.15, 0.2) is 489 Å². The second-order valence-electron chi connectivity index (χ2n) is 31.9. The molecular weight excluding hydrogens is 1530 g/mol. The first kappa shape index (κ1) is 56.2. The maximum atomic E-state index is 9.64. The minimum Gasteiger partial charge on any atom is -0.456 e. The summed E-state index contributed by atoms with van der Waals surface area (Å²) >= 11 is 0. The minimum absolute atomic E-state index is 0.0506. The van der Waals surface area contributed by atoms with Gasteiger partial charge in [-0.1, -0.05) is 442 Å². The number of hydrogen-bond donors (Lipinski definition) is 0.